The molecule has 5 nitrogen and oxygen atoms in total. The molecule has 0 saturated carbocycles. The molecule has 21 heavy (non-hydrogen) atoms. The molecular weight excluding hydrogens is 292 g/mol. The fraction of sp³-hybridized carbons (Fsp3) is 0.200. The summed E-state index contributed by atoms with van der Waals surface area (Å²) in [5.41, 5.74) is 0.587. The molecule has 2 aromatic rings. The van der Waals surface area contributed by atoms with Gasteiger partial charge in [0.15, 0.2) is 0 Å². The normalized spacial score (nSPS) is 9.38. The van der Waals surface area contributed by atoms with Gasteiger partial charge >= 0.3 is 0 Å². The van der Waals surface area contributed by atoms with Crippen LogP contribution in [0.1, 0.15) is 10.4 Å². The molecule has 6 heteroatoms. The van der Waals surface area contributed by atoms with Gasteiger partial charge in [0, 0.05) is 18.0 Å². The number of amides is 1. The van der Waals surface area contributed by atoms with Crippen molar-refractivity contribution in [3.8, 4) is 11.5 Å². The third kappa shape index (κ3) is 5.31. The quantitative estimate of drug-likeness (QED) is 0.832. The summed E-state index contributed by atoms with van der Waals surface area (Å²) in [6.07, 6.45) is 3.17. The van der Waals surface area contributed by atoms with Crippen molar-refractivity contribution in [2.45, 2.75) is 0 Å². The van der Waals surface area contributed by atoms with E-state index in [-0.39, 0.29) is 18.3 Å². The molecule has 0 spiro atoms. The molecule has 0 radical (unpaired) electrons. The Balaban J connectivity index is 0.00000220. The van der Waals surface area contributed by atoms with Crippen molar-refractivity contribution in [3.63, 3.8) is 0 Å². The lowest BCUT2D eigenvalue weighted by molar-refractivity contribution is 0.0947. The van der Waals surface area contributed by atoms with Crippen LogP contribution in [0.15, 0.2) is 48.8 Å². The van der Waals surface area contributed by atoms with Crippen molar-refractivity contribution in [1.82, 2.24) is 10.3 Å². The summed E-state index contributed by atoms with van der Waals surface area (Å²) in [5, 5.41) is 2.78. The number of halogens is 1. The predicted octanol–water partition coefficient (Wildman–Crippen LogP) is 2.32. The Morgan fingerprint density at radius 3 is 2.33 bits per heavy atom. The molecule has 0 bridgehead atoms. The highest BCUT2D eigenvalue weighted by Crippen LogP contribution is 2.16. The minimum atomic E-state index is -0.134. The molecule has 1 N–H and O–H groups in total. The maximum atomic E-state index is 11.7. The highest BCUT2D eigenvalue weighted by molar-refractivity contribution is 5.93. The van der Waals surface area contributed by atoms with E-state index in [1.807, 2.05) is 24.3 Å². The number of aromatic nitrogens is 1. The van der Waals surface area contributed by atoms with Crippen molar-refractivity contribution < 1.29 is 14.3 Å². The molecule has 0 aliphatic heterocycles. The number of nitrogens with zero attached hydrogens (tertiary/aromatic N) is 1. The SMILES string of the molecule is COc1ccc(OCCNC(=O)c2ccncc2)cc1.Cl. The van der Waals surface area contributed by atoms with E-state index in [1.165, 1.54) is 0 Å². The van der Waals surface area contributed by atoms with Gasteiger partial charge in [0.2, 0.25) is 0 Å². The van der Waals surface area contributed by atoms with Crippen LogP contribution >= 0.6 is 12.4 Å². The molecule has 0 atom stereocenters. The molecule has 1 aromatic heterocycles. The highest BCUT2D eigenvalue weighted by atomic mass is 35.5. The molecule has 1 heterocycles. The maximum Gasteiger partial charge on any atom is 0.251 e. The topological polar surface area (TPSA) is 60.5 Å². The van der Waals surface area contributed by atoms with Crippen molar-refractivity contribution >= 4 is 18.3 Å². The van der Waals surface area contributed by atoms with Gasteiger partial charge in [-0.3, -0.25) is 9.78 Å². The van der Waals surface area contributed by atoms with Crippen molar-refractivity contribution in [2.24, 2.45) is 0 Å². The monoisotopic (exact) mass is 308 g/mol. The summed E-state index contributed by atoms with van der Waals surface area (Å²) in [5.74, 6) is 1.39. The average Bonchev–Trinajstić information content (AvgIpc) is 2.53. The Hall–Kier alpha value is -2.27. The van der Waals surface area contributed by atoms with Crippen LogP contribution in [0.2, 0.25) is 0 Å². The van der Waals surface area contributed by atoms with Crippen molar-refractivity contribution in [1.29, 1.82) is 0 Å². The Morgan fingerprint density at radius 1 is 1.10 bits per heavy atom. The highest BCUT2D eigenvalue weighted by Gasteiger charge is 2.03. The van der Waals surface area contributed by atoms with E-state index in [2.05, 4.69) is 10.3 Å². The van der Waals surface area contributed by atoms with E-state index in [1.54, 1.807) is 31.6 Å². The van der Waals surface area contributed by atoms with Gasteiger partial charge in [0.1, 0.15) is 18.1 Å². The van der Waals surface area contributed by atoms with Crippen molar-refractivity contribution in [2.75, 3.05) is 20.3 Å². The Bertz CT molecular complexity index is 547. The van der Waals surface area contributed by atoms with Crippen LogP contribution in [-0.2, 0) is 0 Å². The average molecular weight is 309 g/mol. The van der Waals surface area contributed by atoms with Gasteiger partial charge in [-0.05, 0) is 36.4 Å². The minimum Gasteiger partial charge on any atom is -0.497 e. The van der Waals surface area contributed by atoms with E-state index < -0.39 is 0 Å². The fourth-order valence-corrected chi connectivity index (χ4v) is 1.61. The van der Waals surface area contributed by atoms with E-state index in [0.29, 0.717) is 18.7 Å². The summed E-state index contributed by atoms with van der Waals surface area (Å²) < 4.78 is 10.6. The van der Waals surface area contributed by atoms with Crippen LogP contribution in [0.5, 0.6) is 11.5 Å². The summed E-state index contributed by atoms with van der Waals surface area (Å²) in [7, 11) is 1.62. The molecule has 0 unspecified atom stereocenters. The number of hydrogen-bond donors (Lipinski definition) is 1. The second-order valence-electron chi connectivity index (χ2n) is 4.02. The second-order valence-corrected chi connectivity index (χ2v) is 4.02. The fourth-order valence-electron chi connectivity index (χ4n) is 1.61. The van der Waals surface area contributed by atoms with Crippen LogP contribution in [0, 0.1) is 0 Å². The number of carbonyl (C=O) groups excluding carboxylic acids is 1. The van der Waals surface area contributed by atoms with Gasteiger partial charge in [-0.2, -0.15) is 0 Å². The summed E-state index contributed by atoms with van der Waals surface area (Å²) in [4.78, 5) is 15.6. The van der Waals surface area contributed by atoms with E-state index >= 15 is 0 Å². The lowest BCUT2D eigenvalue weighted by Crippen LogP contribution is -2.28. The van der Waals surface area contributed by atoms with Gasteiger partial charge < -0.3 is 14.8 Å². The molecule has 0 saturated heterocycles. The molecule has 0 aliphatic rings. The lowest BCUT2D eigenvalue weighted by Gasteiger charge is -2.08. The van der Waals surface area contributed by atoms with Gasteiger partial charge in [-0.25, -0.2) is 0 Å². The number of methoxy groups -OCH3 is 1. The number of benzene rings is 1. The first kappa shape index (κ1) is 16.8. The number of pyridine rings is 1. The van der Waals surface area contributed by atoms with Crippen molar-refractivity contribution in [3.05, 3.63) is 54.4 Å². The zero-order valence-electron chi connectivity index (χ0n) is 11.6. The largest absolute Gasteiger partial charge is 0.497 e. The molecule has 1 aromatic carbocycles. The molecule has 1 amide bonds. The predicted molar refractivity (Wildman–Crippen MR) is 82.3 cm³/mol. The van der Waals surface area contributed by atoms with Gasteiger partial charge in [0.25, 0.3) is 5.91 Å². The maximum absolute atomic E-state index is 11.7. The van der Waals surface area contributed by atoms with E-state index in [9.17, 15) is 4.79 Å². The zero-order chi connectivity index (χ0) is 14.2. The summed E-state index contributed by atoms with van der Waals surface area (Å²) in [6, 6.07) is 10.6. The molecule has 0 fully saturated rings. The first-order valence-corrected chi connectivity index (χ1v) is 6.24. The Labute approximate surface area is 129 Å². The van der Waals surface area contributed by atoms with Crippen LogP contribution in [0.3, 0.4) is 0 Å². The Morgan fingerprint density at radius 2 is 1.71 bits per heavy atom. The third-order valence-corrected chi connectivity index (χ3v) is 2.66. The van der Waals surface area contributed by atoms with E-state index in [0.717, 1.165) is 11.5 Å². The number of ether oxygens (including phenoxy) is 2. The van der Waals surface area contributed by atoms with E-state index in [4.69, 9.17) is 9.47 Å². The molecule has 2 rings (SSSR count). The Kier molecular flexibility index (Phi) is 7.04. The van der Waals surface area contributed by atoms with Crippen LogP contribution in [-0.4, -0.2) is 31.2 Å². The van der Waals surface area contributed by atoms with Crippen LogP contribution in [0.25, 0.3) is 0 Å². The first-order chi connectivity index (χ1) is 9.79. The molecule has 112 valence electrons. The number of nitrogens with one attached hydrogen (secondary N) is 1. The smallest absolute Gasteiger partial charge is 0.251 e. The molecule has 0 aliphatic carbocycles. The molecular formula is C15H17ClN2O3. The van der Waals surface area contributed by atoms with Gasteiger partial charge in [0.05, 0.1) is 13.7 Å². The van der Waals surface area contributed by atoms with Crippen LogP contribution < -0.4 is 14.8 Å². The summed E-state index contributed by atoms with van der Waals surface area (Å²) >= 11 is 0. The number of carbonyl (C=O) groups is 1. The number of rotatable bonds is 6. The number of hydrogen-bond acceptors (Lipinski definition) is 4. The lowest BCUT2D eigenvalue weighted by atomic mass is 10.2. The zero-order valence-corrected chi connectivity index (χ0v) is 12.4. The third-order valence-electron chi connectivity index (χ3n) is 2.66. The van der Waals surface area contributed by atoms with Crippen LogP contribution in [0.4, 0.5) is 0 Å². The first-order valence-electron chi connectivity index (χ1n) is 6.24. The minimum absolute atomic E-state index is 0. The van der Waals surface area contributed by atoms with Gasteiger partial charge in [-0.15, -0.1) is 12.4 Å². The second kappa shape index (κ2) is 8.81. The van der Waals surface area contributed by atoms with Gasteiger partial charge in [-0.1, -0.05) is 0 Å². The standard InChI is InChI=1S/C15H16N2O3.ClH/c1-19-13-2-4-14(5-3-13)20-11-10-17-15(18)12-6-8-16-9-7-12;/h2-9H,10-11H2,1H3,(H,17,18);1H. The summed E-state index contributed by atoms with van der Waals surface area (Å²) in [6.45, 7) is 0.844.